The first-order chi connectivity index (χ1) is 7.01. The van der Waals surface area contributed by atoms with Gasteiger partial charge in [0.2, 0.25) is 5.75 Å². The van der Waals surface area contributed by atoms with E-state index < -0.39 is 9.05 Å². The Hall–Kier alpha value is -0.490. The average molecular weight is 246 g/mol. The lowest BCUT2D eigenvalue weighted by Crippen LogP contribution is -1.97. The predicted octanol–water partition coefficient (Wildman–Crippen LogP) is 2.02. The summed E-state index contributed by atoms with van der Waals surface area (Å²) in [5, 5.41) is 0. The zero-order chi connectivity index (χ0) is 11.3. The van der Waals surface area contributed by atoms with Crippen molar-refractivity contribution in [3.05, 3.63) is 35.4 Å². The zero-order valence-electron chi connectivity index (χ0n) is 8.51. The Morgan fingerprint density at radius 2 is 1.87 bits per heavy atom. The van der Waals surface area contributed by atoms with E-state index in [0.29, 0.717) is 10.3 Å². The van der Waals surface area contributed by atoms with Gasteiger partial charge in [0.05, 0.1) is 0 Å². The van der Waals surface area contributed by atoms with Gasteiger partial charge in [0, 0.05) is 5.56 Å². The Labute approximate surface area is 93.8 Å². The minimum atomic E-state index is -3.93. The van der Waals surface area contributed by atoms with Crippen LogP contribution in [-0.4, -0.2) is 13.3 Å². The average Bonchev–Trinajstić information content (AvgIpc) is 2.16. The van der Waals surface area contributed by atoms with Crippen molar-refractivity contribution in [2.24, 2.45) is 0 Å². The van der Waals surface area contributed by atoms with E-state index >= 15 is 0 Å². The van der Waals surface area contributed by atoms with E-state index in [1.165, 1.54) is 5.56 Å². The second kappa shape index (κ2) is 5.55. The fraction of sp³-hybridized carbons (Fsp3) is 0.400. The third-order valence-corrected chi connectivity index (χ3v) is 3.93. The van der Waals surface area contributed by atoms with E-state index in [2.05, 4.69) is 6.92 Å². The SMILES string of the molecule is CCCc1ccc(C[S+]=S(=O)([O-])O)cc1. The van der Waals surface area contributed by atoms with Crippen molar-refractivity contribution in [1.82, 2.24) is 0 Å². The van der Waals surface area contributed by atoms with Crippen LogP contribution >= 0.6 is 0 Å². The Balaban J connectivity index is 2.69. The van der Waals surface area contributed by atoms with Crippen LogP contribution in [0.5, 0.6) is 0 Å². The van der Waals surface area contributed by atoms with E-state index in [-0.39, 0.29) is 5.75 Å². The molecule has 0 aromatic heterocycles. The molecule has 1 unspecified atom stereocenters. The normalized spacial score (nSPS) is 14.6. The van der Waals surface area contributed by atoms with Gasteiger partial charge >= 0.3 is 0 Å². The monoisotopic (exact) mass is 246 g/mol. The van der Waals surface area contributed by atoms with Crippen LogP contribution < -0.4 is 0 Å². The maximum Gasteiger partial charge on any atom is 0.257 e. The van der Waals surface area contributed by atoms with Crippen LogP contribution in [0.15, 0.2) is 24.3 Å². The Morgan fingerprint density at radius 3 is 2.33 bits per heavy atom. The van der Waals surface area contributed by atoms with Crippen LogP contribution in [-0.2, 0) is 31.5 Å². The van der Waals surface area contributed by atoms with Gasteiger partial charge in [-0.3, -0.25) is 4.55 Å². The van der Waals surface area contributed by atoms with Gasteiger partial charge in [0.25, 0.3) is 19.4 Å². The molecule has 0 aliphatic carbocycles. The summed E-state index contributed by atoms with van der Waals surface area (Å²) in [7, 11) is -3.39. The smallest absolute Gasteiger partial charge is 0.257 e. The quantitative estimate of drug-likeness (QED) is 0.827. The second-order valence-electron chi connectivity index (χ2n) is 3.26. The summed E-state index contributed by atoms with van der Waals surface area (Å²) in [4.78, 5) is 0. The molecule has 1 atom stereocenters. The van der Waals surface area contributed by atoms with Gasteiger partial charge in [-0.1, -0.05) is 37.6 Å². The van der Waals surface area contributed by atoms with Crippen LogP contribution in [0.25, 0.3) is 0 Å². The Kier molecular flexibility index (Phi) is 4.66. The van der Waals surface area contributed by atoms with E-state index in [1.807, 2.05) is 24.3 Å². The second-order valence-corrected chi connectivity index (χ2v) is 6.61. The van der Waals surface area contributed by atoms with Crippen molar-refractivity contribution >= 4 is 19.4 Å². The topological polar surface area (TPSA) is 60.4 Å². The summed E-state index contributed by atoms with van der Waals surface area (Å²) in [6, 6.07) is 7.76. The summed E-state index contributed by atoms with van der Waals surface area (Å²) >= 11 is 0. The first-order valence-corrected chi connectivity index (χ1v) is 7.65. The highest BCUT2D eigenvalue weighted by atomic mass is 32.9. The highest BCUT2D eigenvalue weighted by Crippen LogP contribution is 2.07. The van der Waals surface area contributed by atoms with Crippen LogP contribution in [0.2, 0.25) is 0 Å². The van der Waals surface area contributed by atoms with Crippen molar-refractivity contribution in [1.29, 1.82) is 0 Å². The lowest BCUT2D eigenvalue weighted by Gasteiger charge is -1.98. The van der Waals surface area contributed by atoms with Crippen LogP contribution in [0.4, 0.5) is 0 Å². The van der Waals surface area contributed by atoms with Crippen LogP contribution in [0, 0.1) is 0 Å². The molecule has 1 aromatic carbocycles. The fourth-order valence-electron chi connectivity index (χ4n) is 1.23. The number of hydrogen-bond acceptors (Lipinski definition) is 2. The highest BCUT2D eigenvalue weighted by molar-refractivity contribution is 8.33. The molecule has 0 aliphatic heterocycles. The molecule has 1 N–H and O–H groups in total. The summed E-state index contributed by atoms with van der Waals surface area (Å²) in [5.74, 6) is 0.283. The molecule has 5 heteroatoms. The van der Waals surface area contributed by atoms with Gasteiger partial charge in [-0.2, -0.15) is 4.21 Å². The fourth-order valence-corrected chi connectivity index (χ4v) is 2.57. The van der Waals surface area contributed by atoms with E-state index in [9.17, 15) is 8.76 Å². The lowest BCUT2D eigenvalue weighted by molar-refractivity contribution is 0.432. The molecule has 0 saturated carbocycles. The third kappa shape index (κ3) is 5.22. The first-order valence-electron chi connectivity index (χ1n) is 4.71. The predicted molar refractivity (Wildman–Crippen MR) is 63.1 cm³/mol. The highest BCUT2D eigenvalue weighted by Gasteiger charge is 2.03. The molecule has 1 aromatic rings. The Bertz CT molecular complexity index is 409. The lowest BCUT2D eigenvalue weighted by atomic mass is 10.1. The van der Waals surface area contributed by atoms with Crippen LogP contribution in [0.1, 0.15) is 24.5 Å². The van der Waals surface area contributed by atoms with Gasteiger partial charge in [0.1, 0.15) is 0 Å². The van der Waals surface area contributed by atoms with Crippen molar-refractivity contribution in [2.75, 3.05) is 0 Å². The zero-order valence-corrected chi connectivity index (χ0v) is 10.1. The van der Waals surface area contributed by atoms with Crippen molar-refractivity contribution in [3.8, 4) is 0 Å². The number of rotatable bonds is 4. The van der Waals surface area contributed by atoms with E-state index in [0.717, 1.165) is 18.4 Å². The van der Waals surface area contributed by atoms with Crippen molar-refractivity contribution in [3.63, 3.8) is 0 Å². The molecule has 0 bridgehead atoms. The Morgan fingerprint density at radius 1 is 1.33 bits per heavy atom. The van der Waals surface area contributed by atoms with E-state index in [1.54, 1.807) is 0 Å². The number of aryl methyl sites for hydroxylation is 1. The first kappa shape index (κ1) is 12.6. The molecule has 0 amide bonds. The molecule has 0 spiro atoms. The van der Waals surface area contributed by atoms with Crippen molar-refractivity contribution in [2.45, 2.75) is 25.5 Å². The molecule has 0 aliphatic rings. The summed E-state index contributed by atoms with van der Waals surface area (Å²) < 4.78 is 29.5. The van der Waals surface area contributed by atoms with Gasteiger partial charge in [0.15, 0.2) is 0 Å². The van der Waals surface area contributed by atoms with E-state index in [4.69, 9.17) is 4.55 Å². The molecule has 15 heavy (non-hydrogen) atoms. The third-order valence-electron chi connectivity index (χ3n) is 1.94. The molecule has 84 valence electrons. The molecule has 0 radical (unpaired) electrons. The largest absolute Gasteiger partial charge is 0.712 e. The molecule has 0 heterocycles. The summed E-state index contributed by atoms with van der Waals surface area (Å²) in [6.45, 7) is 2.11. The van der Waals surface area contributed by atoms with Gasteiger partial charge in [-0.05, 0) is 12.0 Å². The molecule has 0 saturated heterocycles. The summed E-state index contributed by atoms with van der Waals surface area (Å²) in [6.07, 6.45) is 2.13. The van der Waals surface area contributed by atoms with Gasteiger partial charge < -0.3 is 4.55 Å². The van der Waals surface area contributed by atoms with Gasteiger partial charge in [-0.25, -0.2) is 0 Å². The standard InChI is InChI=1S/C10H14O3S2/c1-2-3-9-4-6-10(7-5-9)8-14-15(11,12)13/h4-7H,2-3,8H2,1H3,(H-,11,12,13). The molecule has 1 rings (SSSR count). The molecular formula is C10H14O3S2. The molecular weight excluding hydrogens is 232 g/mol. The van der Waals surface area contributed by atoms with Crippen molar-refractivity contribution < 1.29 is 13.3 Å². The van der Waals surface area contributed by atoms with Gasteiger partial charge in [-0.15, -0.1) is 0 Å². The summed E-state index contributed by atoms with van der Waals surface area (Å²) in [5.41, 5.74) is 2.15. The minimum absolute atomic E-state index is 0.283. The molecule has 3 nitrogen and oxygen atoms in total. The molecule has 0 fully saturated rings. The number of hydrogen-bond donors (Lipinski definition) is 1. The maximum absolute atomic E-state index is 10.5. The number of benzene rings is 1. The maximum atomic E-state index is 10.5. The van der Waals surface area contributed by atoms with Crippen LogP contribution in [0.3, 0.4) is 0 Å². The minimum Gasteiger partial charge on any atom is -0.712 e.